The Morgan fingerprint density at radius 1 is 0.893 bits per heavy atom. The number of carbonyl (C=O) groups excluding carboxylic acids is 3. The van der Waals surface area contributed by atoms with Crippen molar-refractivity contribution in [3.63, 3.8) is 0 Å². The van der Waals surface area contributed by atoms with Crippen molar-refractivity contribution in [2.45, 2.75) is 45.2 Å². The molecule has 6 nitrogen and oxygen atoms in total. The van der Waals surface area contributed by atoms with E-state index in [0.717, 1.165) is 5.56 Å². The van der Waals surface area contributed by atoms with Crippen LogP contribution >= 0.6 is 0 Å². The van der Waals surface area contributed by atoms with Gasteiger partial charge in [-0.05, 0) is 35.6 Å². The maximum atomic E-state index is 12.4. The molecule has 0 fully saturated rings. The summed E-state index contributed by atoms with van der Waals surface area (Å²) in [5, 5.41) is 5.24. The van der Waals surface area contributed by atoms with Gasteiger partial charge in [-0.25, -0.2) is 0 Å². The van der Waals surface area contributed by atoms with Crippen LogP contribution < -0.4 is 16.4 Å². The van der Waals surface area contributed by atoms with E-state index in [1.807, 2.05) is 12.1 Å². The van der Waals surface area contributed by atoms with E-state index in [4.69, 9.17) is 5.73 Å². The average Bonchev–Trinajstić information content (AvgIpc) is 2.65. The molecule has 2 atom stereocenters. The Labute approximate surface area is 165 Å². The molecule has 2 unspecified atom stereocenters. The van der Waals surface area contributed by atoms with E-state index in [1.54, 1.807) is 49.4 Å². The Morgan fingerprint density at radius 2 is 1.46 bits per heavy atom. The van der Waals surface area contributed by atoms with Gasteiger partial charge in [0.2, 0.25) is 11.8 Å². The number of amides is 3. The second-order valence-corrected chi connectivity index (χ2v) is 7.78. The molecule has 0 aliphatic carbocycles. The lowest BCUT2D eigenvalue weighted by molar-refractivity contribution is -0.128. The molecule has 28 heavy (non-hydrogen) atoms. The molecule has 0 aliphatic heterocycles. The summed E-state index contributed by atoms with van der Waals surface area (Å²) in [6.45, 7) is 7.84. The standard InChI is InChI=1S/C22H27N3O3/c1-14(20(27)25-18(19(23)26)15-8-6-5-7-9-15)24-21(28)16-10-12-17(13-11-16)22(2,3)4/h5-14,18H,1-4H3,(H2,23,26)(H,24,28)(H,25,27). The van der Waals surface area contributed by atoms with E-state index >= 15 is 0 Å². The van der Waals surface area contributed by atoms with Crippen molar-refractivity contribution in [3.05, 3.63) is 71.3 Å². The van der Waals surface area contributed by atoms with Gasteiger partial charge in [-0.2, -0.15) is 0 Å². The smallest absolute Gasteiger partial charge is 0.251 e. The zero-order valence-corrected chi connectivity index (χ0v) is 16.7. The third kappa shape index (κ3) is 5.42. The lowest BCUT2D eigenvalue weighted by Crippen LogP contribution is -2.48. The molecule has 2 rings (SSSR count). The van der Waals surface area contributed by atoms with Crippen molar-refractivity contribution < 1.29 is 14.4 Å². The van der Waals surface area contributed by atoms with Gasteiger partial charge in [-0.1, -0.05) is 63.2 Å². The summed E-state index contributed by atoms with van der Waals surface area (Å²) in [5.74, 6) is -1.53. The van der Waals surface area contributed by atoms with Crippen LogP contribution in [0.5, 0.6) is 0 Å². The molecular weight excluding hydrogens is 354 g/mol. The summed E-state index contributed by atoms with van der Waals surface area (Å²) >= 11 is 0. The van der Waals surface area contributed by atoms with E-state index in [1.165, 1.54) is 0 Å². The number of hydrogen-bond acceptors (Lipinski definition) is 3. The molecule has 2 aromatic rings. The highest BCUT2D eigenvalue weighted by Crippen LogP contribution is 2.22. The third-order valence-corrected chi connectivity index (χ3v) is 4.46. The van der Waals surface area contributed by atoms with E-state index in [-0.39, 0.29) is 11.3 Å². The highest BCUT2D eigenvalue weighted by molar-refractivity contribution is 5.98. The first kappa shape index (κ1) is 21.2. The number of benzene rings is 2. The van der Waals surface area contributed by atoms with Crippen molar-refractivity contribution in [1.82, 2.24) is 10.6 Å². The first-order chi connectivity index (χ1) is 13.1. The number of nitrogens with two attached hydrogens (primary N) is 1. The predicted octanol–water partition coefficient (Wildman–Crippen LogP) is 2.45. The maximum absolute atomic E-state index is 12.4. The molecule has 0 bridgehead atoms. The number of hydrogen-bond donors (Lipinski definition) is 3. The van der Waals surface area contributed by atoms with Gasteiger partial charge in [0.25, 0.3) is 5.91 Å². The van der Waals surface area contributed by atoms with Crippen molar-refractivity contribution in [3.8, 4) is 0 Å². The van der Waals surface area contributed by atoms with Crippen molar-refractivity contribution in [2.24, 2.45) is 5.73 Å². The fourth-order valence-electron chi connectivity index (χ4n) is 2.70. The summed E-state index contributed by atoms with van der Waals surface area (Å²) in [6, 6.07) is 14.2. The molecule has 6 heteroatoms. The van der Waals surface area contributed by atoms with E-state index < -0.39 is 23.9 Å². The number of nitrogens with one attached hydrogen (secondary N) is 2. The molecule has 148 valence electrons. The zero-order valence-electron chi connectivity index (χ0n) is 16.7. The first-order valence-electron chi connectivity index (χ1n) is 9.15. The van der Waals surface area contributed by atoms with Crippen LogP contribution in [-0.2, 0) is 15.0 Å². The molecular formula is C22H27N3O3. The Kier molecular flexibility index (Phi) is 6.57. The Bertz CT molecular complexity index is 840. The maximum Gasteiger partial charge on any atom is 0.251 e. The second-order valence-electron chi connectivity index (χ2n) is 7.78. The van der Waals surface area contributed by atoms with Gasteiger partial charge < -0.3 is 16.4 Å². The highest BCUT2D eigenvalue weighted by atomic mass is 16.2. The van der Waals surface area contributed by atoms with Gasteiger partial charge in [0.15, 0.2) is 0 Å². The van der Waals surface area contributed by atoms with Crippen LogP contribution in [-0.4, -0.2) is 23.8 Å². The lowest BCUT2D eigenvalue weighted by Gasteiger charge is -2.20. The van der Waals surface area contributed by atoms with Crippen LogP contribution in [0.3, 0.4) is 0 Å². The van der Waals surface area contributed by atoms with E-state index in [9.17, 15) is 14.4 Å². The Hall–Kier alpha value is -3.15. The van der Waals surface area contributed by atoms with Crippen molar-refractivity contribution in [1.29, 1.82) is 0 Å². The SMILES string of the molecule is CC(NC(=O)c1ccc(C(C)(C)C)cc1)C(=O)NC(C(N)=O)c1ccccc1. The zero-order chi connectivity index (χ0) is 20.9. The van der Waals surface area contributed by atoms with Crippen LogP contribution in [0.4, 0.5) is 0 Å². The molecule has 4 N–H and O–H groups in total. The van der Waals surface area contributed by atoms with Gasteiger partial charge in [-0.15, -0.1) is 0 Å². The Morgan fingerprint density at radius 3 is 1.96 bits per heavy atom. The van der Waals surface area contributed by atoms with Crippen molar-refractivity contribution in [2.75, 3.05) is 0 Å². The fraction of sp³-hybridized carbons (Fsp3) is 0.318. The monoisotopic (exact) mass is 381 g/mol. The minimum absolute atomic E-state index is 0.0105. The van der Waals surface area contributed by atoms with Gasteiger partial charge >= 0.3 is 0 Å². The third-order valence-electron chi connectivity index (χ3n) is 4.46. The Balaban J connectivity index is 2.03. The van der Waals surface area contributed by atoms with Gasteiger partial charge in [0.05, 0.1) is 0 Å². The van der Waals surface area contributed by atoms with E-state index in [2.05, 4.69) is 31.4 Å². The van der Waals surface area contributed by atoms with Crippen LogP contribution in [0.1, 0.15) is 55.2 Å². The van der Waals surface area contributed by atoms with Gasteiger partial charge in [0.1, 0.15) is 12.1 Å². The first-order valence-corrected chi connectivity index (χ1v) is 9.15. The average molecular weight is 381 g/mol. The predicted molar refractivity (Wildman–Crippen MR) is 109 cm³/mol. The largest absolute Gasteiger partial charge is 0.368 e. The summed E-state index contributed by atoms with van der Waals surface area (Å²) < 4.78 is 0. The molecule has 0 heterocycles. The molecule has 3 amide bonds. The number of primary amides is 1. The minimum Gasteiger partial charge on any atom is -0.368 e. The van der Waals surface area contributed by atoms with E-state index in [0.29, 0.717) is 11.1 Å². The molecule has 0 aliphatic rings. The molecule has 0 aromatic heterocycles. The van der Waals surface area contributed by atoms with Gasteiger partial charge in [0, 0.05) is 5.56 Å². The summed E-state index contributed by atoms with van der Waals surface area (Å²) in [4.78, 5) is 36.6. The minimum atomic E-state index is -0.959. The normalized spacial score (nSPS) is 13.3. The lowest BCUT2D eigenvalue weighted by atomic mass is 9.86. The van der Waals surface area contributed by atoms with Crippen LogP contribution in [0.2, 0.25) is 0 Å². The quantitative estimate of drug-likeness (QED) is 0.716. The van der Waals surface area contributed by atoms with Crippen LogP contribution in [0, 0.1) is 0 Å². The molecule has 2 aromatic carbocycles. The van der Waals surface area contributed by atoms with Crippen molar-refractivity contribution >= 4 is 17.7 Å². The molecule has 0 spiro atoms. The second kappa shape index (κ2) is 8.69. The number of carbonyl (C=O) groups is 3. The topological polar surface area (TPSA) is 101 Å². The van der Waals surface area contributed by atoms with Crippen LogP contribution in [0.25, 0.3) is 0 Å². The molecule has 0 saturated carbocycles. The highest BCUT2D eigenvalue weighted by Gasteiger charge is 2.24. The number of rotatable bonds is 6. The fourth-order valence-corrected chi connectivity index (χ4v) is 2.70. The summed E-state index contributed by atoms with van der Waals surface area (Å²) in [5.41, 5.74) is 7.56. The summed E-state index contributed by atoms with van der Waals surface area (Å²) in [6.07, 6.45) is 0. The molecule has 0 radical (unpaired) electrons. The summed E-state index contributed by atoms with van der Waals surface area (Å²) in [7, 11) is 0. The van der Waals surface area contributed by atoms with Crippen LogP contribution in [0.15, 0.2) is 54.6 Å². The van der Waals surface area contributed by atoms with Gasteiger partial charge in [-0.3, -0.25) is 14.4 Å². The molecule has 0 saturated heterocycles.